The van der Waals surface area contributed by atoms with E-state index in [-0.39, 0.29) is 6.04 Å². The van der Waals surface area contributed by atoms with Gasteiger partial charge >= 0.3 is 0 Å². The second-order valence-corrected chi connectivity index (χ2v) is 16.2. The molecule has 0 spiro atoms. The molecule has 1 atom stereocenters. The molecule has 0 bridgehead atoms. The van der Waals surface area contributed by atoms with E-state index in [1.165, 1.54) is 49.6 Å². The molecule has 1 aliphatic rings. The highest BCUT2D eigenvalue weighted by Crippen LogP contribution is 2.50. The Morgan fingerprint density at radius 2 is 0.937 bits per heavy atom. The lowest BCUT2D eigenvalue weighted by Crippen LogP contribution is -2.18. The van der Waals surface area contributed by atoms with E-state index in [9.17, 15) is 0 Å². The molecule has 0 saturated carbocycles. The Balaban J connectivity index is 1.04. The highest BCUT2D eigenvalue weighted by molar-refractivity contribution is 6.17. The van der Waals surface area contributed by atoms with Crippen LogP contribution in [-0.4, -0.2) is 14.5 Å². The molecule has 9 aromatic carbocycles. The molecule has 4 nitrogen and oxygen atoms in total. The molecule has 1 unspecified atom stereocenters. The first-order chi connectivity index (χ1) is 31.2. The molecule has 4 heteroatoms. The fourth-order valence-corrected chi connectivity index (χ4v) is 9.56. The van der Waals surface area contributed by atoms with Gasteiger partial charge in [-0.15, -0.1) is 0 Å². The zero-order valence-electron chi connectivity index (χ0n) is 34.4. The minimum atomic E-state index is -0.0324. The number of nitrogens with one attached hydrogen (secondary N) is 1. The lowest BCUT2D eigenvalue weighted by Gasteiger charge is -2.31. The average Bonchev–Trinajstić information content (AvgIpc) is 3.72. The first kappa shape index (κ1) is 36.5. The monoisotopic (exact) mass is 804 g/mol. The minimum Gasteiger partial charge on any atom is -0.374 e. The van der Waals surface area contributed by atoms with Gasteiger partial charge in [0.25, 0.3) is 0 Å². The zero-order valence-corrected chi connectivity index (χ0v) is 34.4. The van der Waals surface area contributed by atoms with Crippen LogP contribution < -0.4 is 5.32 Å². The molecule has 0 fully saturated rings. The summed E-state index contributed by atoms with van der Waals surface area (Å²) >= 11 is 0. The number of nitrogens with zero attached hydrogens (tertiary/aromatic N) is 3. The van der Waals surface area contributed by atoms with Gasteiger partial charge in [-0.05, 0) is 75.8 Å². The molecule has 3 heterocycles. The number of fused-ring (bicyclic) bond motifs is 7. The van der Waals surface area contributed by atoms with Gasteiger partial charge in [0, 0.05) is 50.0 Å². The molecule has 2 aromatic heterocycles. The standard InChI is InChI=1S/C59H40N4/c1-5-18-39(19-6-1)52-38-53(40-20-7-2-8-21-40)62-59(61-52)45-27-16-25-43(37-45)42-24-15-26-44(36-42)47-31-17-32-50-55-54(63(58(47)50)46-28-11-4-12-29-46)35-34-49-48-30-13-14-33-51(48)60-57(56(49)55)41-22-9-3-10-23-41/h1-38,57,60H. The van der Waals surface area contributed by atoms with E-state index >= 15 is 0 Å². The normalized spacial score (nSPS) is 13.0. The molecule has 11 aromatic rings. The Labute approximate surface area is 366 Å². The van der Waals surface area contributed by atoms with Crippen molar-refractivity contribution in [1.82, 2.24) is 14.5 Å². The summed E-state index contributed by atoms with van der Waals surface area (Å²) < 4.78 is 2.47. The Kier molecular flexibility index (Phi) is 8.86. The molecular formula is C59H40N4. The molecule has 12 rings (SSSR count). The second-order valence-electron chi connectivity index (χ2n) is 16.2. The topological polar surface area (TPSA) is 42.7 Å². The van der Waals surface area contributed by atoms with Gasteiger partial charge in [-0.2, -0.15) is 0 Å². The molecule has 1 aliphatic heterocycles. The Morgan fingerprint density at radius 3 is 1.63 bits per heavy atom. The summed E-state index contributed by atoms with van der Waals surface area (Å²) in [5, 5.41) is 6.46. The smallest absolute Gasteiger partial charge is 0.160 e. The average molecular weight is 805 g/mol. The van der Waals surface area contributed by atoms with Crippen molar-refractivity contribution in [2.45, 2.75) is 6.04 Å². The van der Waals surface area contributed by atoms with Crippen LogP contribution in [0.5, 0.6) is 0 Å². The number of hydrogen-bond acceptors (Lipinski definition) is 3. The molecule has 296 valence electrons. The fourth-order valence-electron chi connectivity index (χ4n) is 9.56. The third kappa shape index (κ3) is 6.39. The third-order valence-electron chi connectivity index (χ3n) is 12.4. The van der Waals surface area contributed by atoms with Gasteiger partial charge < -0.3 is 9.88 Å². The highest BCUT2D eigenvalue weighted by Gasteiger charge is 2.30. The second kappa shape index (κ2) is 15.3. The van der Waals surface area contributed by atoms with Crippen LogP contribution >= 0.6 is 0 Å². The van der Waals surface area contributed by atoms with Crippen molar-refractivity contribution in [1.29, 1.82) is 0 Å². The summed E-state index contributed by atoms with van der Waals surface area (Å²) in [6.45, 7) is 0. The first-order valence-corrected chi connectivity index (χ1v) is 21.5. The van der Waals surface area contributed by atoms with Crippen LogP contribution in [0.4, 0.5) is 5.69 Å². The number of rotatable bonds is 7. The number of benzene rings is 9. The Hall–Kier alpha value is -8.34. The molecular weight excluding hydrogens is 765 g/mol. The summed E-state index contributed by atoms with van der Waals surface area (Å²) in [6, 6.07) is 82.2. The number of aromatic nitrogens is 3. The molecule has 0 aliphatic carbocycles. The minimum absolute atomic E-state index is 0.0324. The molecule has 0 saturated heterocycles. The Bertz CT molecular complexity index is 3410. The van der Waals surface area contributed by atoms with Crippen molar-refractivity contribution in [2.75, 3.05) is 5.32 Å². The zero-order chi connectivity index (χ0) is 41.7. The lowest BCUT2D eigenvalue weighted by molar-refractivity contribution is 0.941. The maximum atomic E-state index is 5.14. The molecule has 1 N–H and O–H groups in total. The van der Waals surface area contributed by atoms with E-state index in [0.717, 1.165) is 56.1 Å². The van der Waals surface area contributed by atoms with Gasteiger partial charge in [0.05, 0.1) is 28.5 Å². The first-order valence-electron chi connectivity index (χ1n) is 21.5. The number of para-hydroxylation sites is 3. The third-order valence-corrected chi connectivity index (χ3v) is 12.4. The van der Waals surface area contributed by atoms with Crippen LogP contribution in [0.3, 0.4) is 0 Å². The van der Waals surface area contributed by atoms with Crippen LogP contribution in [0.1, 0.15) is 17.2 Å². The van der Waals surface area contributed by atoms with Gasteiger partial charge in [0.2, 0.25) is 0 Å². The van der Waals surface area contributed by atoms with Crippen LogP contribution in [0.25, 0.3) is 94.8 Å². The summed E-state index contributed by atoms with van der Waals surface area (Å²) in [6.07, 6.45) is 0. The van der Waals surface area contributed by atoms with Crippen molar-refractivity contribution in [3.8, 4) is 73.0 Å². The predicted octanol–water partition coefficient (Wildman–Crippen LogP) is 15.1. The maximum absolute atomic E-state index is 5.14. The Morgan fingerprint density at radius 1 is 0.397 bits per heavy atom. The number of anilines is 1. The summed E-state index contributed by atoms with van der Waals surface area (Å²) in [4.78, 5) is 10.3. The molecule has 63 heavy (non-hydrogen) atoms. The van der Waals surface area contributed by atoms with E-state index in [0.29, 0.717) is 5.82 Å². The number of hydrogen-bond donors (Lipinski definition) is 1. The van der Waals surface area contributed by atoms with Gasteiger partial charge in [-0.25, -0.2) is 9.97 Å². The van der Waals surface area contributed by atoms with Gasteiger partial charge in [0.15, 0.2) is 5.82 Å². The maximum Gasteiger partial charge on any atom is 0.160 e. The molecule has 0 amide bonds. The van der Waals surface area contributed by atoms with E-state index < -0.39 is 0 Å². The molecule has 0 radical (unpaired) electrons. The van der Waals surface area contributed by atoms with Gasteiger partial charge in [0.1, 0.15) is 0 Å². The van der Waals surface area contributed by atoms with Crippen LogP contribution in [0.2, 0.25) is 0 Å². The van der Waals surface area contributed by atoms with E-state index in [1.54, 1.807) is 0 Å². The van der Waals surface area contributed by atoms with Crippen molar-refractivity contribution < 1.29 is 0 Å². The van der Waals surface area contributed by atoms with Crippen LogP contribution in [0, 0.1) is 0 Å². The van der Waals surface area contributed by atoms with Crippen LogP contribution in [0.15, 0.2) is 231 Å². The summed E-state index contributed by atoms with van der Waals surface area (Å²) in [5.41, 5.74) is 19.1. The van der Waals surface area contributed by atoms with Gasteiger partial charge in [-0.1, -0.05) is 188 Å². The van der Waals surface area contributed by atoms with Crippen molar-refractivity contribution in [2.24, 2.45) is 0 Å². The fraction of sp³-hybridized carbons (Fsp3) is 0.0169. The SMILES string of the molecule is c1ccc(-c2cc(-c3ccccc3)nc(-c3cccc(-c4cccc(-c5cccc6c7c8c(ccc7n(-c7ccccc7)c56)-c5ccccc5NC8c5ccccc5)c4)c3)n2)cc1. The highest BCUT2D eigenvalue weighted by atomic mass is 15.0. The van der Waals surface area contributed by atoms with Crippen molar-refractivity contribution in [3.63, 3.8) is 0 Å². The predicted molar refractivity (Wildman–Crippen MR) is 261 cm³/mol. The summed E-state index contributed by atoms with van der Waals surface area (Å²) in [7, 11) is 0. The van der Waals surface area contributed by atoms with E-state index in [4.69, 9.17) is 9.97 Å². The van der Waals surface area contributed by atoms with Crippen molar-refractivity contribution >= 4 is 27.5 Å². The van der Waals surface area contributed by atoms with E-state index in [1.807, 2.05) is 12.1 Å². The van der Waals surface area contributed by atoms with Gasteiger partial charge in [-0.3, -0.25) is 0 Å². The lowest BCUT2D eigenvalue weighted by atomic mass is 9.83. The largest absolute Gasteiger partial charge is 0.374 e. The van der Waals surface area contributed by atoms with Crippen LogP contribution in [-0.2, 0) is 0 Å². The van der Waals surface area contributed by atoms with Crippen molar-refractivity contribution in [3.05, 3.63) is 242 Å². The summed E-state index contributed by atoms with van der Waals surface area (Å²) in [5.74, 6) is 0.694. The quantitative estimate of drug-likeness (QED) is 0.174. The van der Waals surface area contributed by atoms with E-state index in [2.05, 4.69) is 228 Å².